The Labute approximate surface area is 138 Å². The van der Waals surface area contributed by atoms with Crippen molar-refractivity contribution >= 4 is 27.6 Å². The summed E-state index contributed by atoms with van der Waals surface area (Å²) in [7, 11) is 0. The van der Waals surface area contributed by atoms with E-state index in [-0.39, 0.29) is 11.6 Å². The topological polar surface area (TPSA) is 85.2 Å². The Morgan fingerprint density at radius 1 is 1.39 bits per heavy atom. The van der Waals surface area contributed by atoms with Gasteiger partial charge in [0, 0.05) is 32.8 Å². The fraction of sp³-hybridized carbons (Fsp3) is 0.533. The van der Waals surface area contributed by atoms with Gasteiger partial charge in [0.15, 0.2) is 0 Å². The number of urea groups is 1. The summed E-state index contributed by atoms with van der Waals surface area (Å²) in [5.41, 5.74) is -0.0623. The average Bonchev–Trinajstić information content (AvgIpc) is 2.98. The minimum atomic E-state index is -0.239. The first-order chi connectivity index (χ1) is 11.1. The van der Waals surface area contributed by atoms with Gasteiger partial charge in [-0.1, -0.05) is 0 Å². The minimum Gasteiger partial charge on any atom is -0.382 e. The van der Waals surface area contributed by atoms with Crippen LogP contribution in [0.15, 0.2) is 16.2 Å². The average molecular weight is 338 g/mol. The molecule has 0 aliphatic heterocycles. The van der Waals surface area contributed by atoms with Crippen molar-refractivity contribution in [2.75, 3.05) is 26.3 Å². The summed E-state index contributed by atoms with van der Waals surface area (Å²) in [6, 6.07) is 1.54. The zero-order valence-corrected chi connectivity index (χ0v) is 14.2. The SMILES string of the molecule is CCOCCCNC(=O)NCCn1c(C)nc2sccc2c1=O. The lowest BCUT2D eigenvalue weighted by Gasteiger charge is -2.11. The van der Waals surface area contributed by atoms with Crippen LogP contribution in [0.25, 0.3) is 10.2 Å². The molecule has 0 aliphatic rings. The number of hydrogen-bond acceptors (Lipinski definition) is 5. The molecule has 7 nitrogen and oxygen atoms in total. The Balaban J connectivity index is 1.80. The van der Waals surface area contributed by atoms with Crippen LogP contribution in [0.5, 0.6) is 0 Å². The maximum atomic E-state index is 12.3. The van der Waals surface area contributed by atoms with Gasteiger partial charge in [-0.05, 0) is 31.7 Å². The Hall–Kier alpha value is -1.93. The van der Waals surface area contributed by atoms with Crippen LogP contribution in [0, 0.1) is 6.92 Å². The van der Waals surface area contributed by atoms with Gasteiger partial charge in [-0.15, -0.1) is 11.3 Å². The molecule has 2 N–H and O–H groups in total. The largest absolute Gasteiger partial charge is 0.382 e. The van der Waals surface area contributed by atoms with Crippen LogP contribution in [-0.2, 0) is 11.3 Å². The van der Waals surface area contributed by atoms with Crippen LogP contribution < -0.4 is 16.2 Å². The third-order valence-corrected chi connectivity index (χ3v) is 4.16. The summed E-state index contributed by atoms with van der Waals surface area (Å²) in [6.07, 6.45) is 0.776. The number of rotatable bonds is 8. The zero-order chi connectivity index (χ0) is 16.7. The highest BCUT2D eigenvalue weighted by Crippen LogP contribution is 2.14. The van der Waals surface area contributed by atoms with E-state index in [1.807, 2.05) is 12.3 Å². The van der Waals surface area contributed by atoms with Crippen LogP contribution in [0.3, 0.4) is 0 Å². The summed E-state index contributed by atoms with van der Waals surface area (Å²) in [5, 5.41) is 7.98. The molecule has 2 amide bonds. The number of hydrogen-bond donors (Lipinski definition) is 2. The third-order valence-electron chi connectivity index (χ3n) is 3.35. The summed E-state index contributed by atoms with van der Waals surface area (Å²) >= 11 is 1.45. The van der Waals surface area contributed by atoms with Crippen LogP contribution >= 0.6 is 11.3 Å². The van der Waals surface area contributed by atoms with E-state index in [1.165, 1.54) is 11.3 Å². The van der Waals surface area contributed by atoms with Crippen molar-refractivity contribution in [1.82, 2.24) is 20.2 Å². The van der Waals surface area contributed by atoms with Crippen molar-refractivity contribution in [2.24, 2.45) is 0 Å². The fourth-order valence-electron chi connectivity index (χ4n) is 2.18. The molecule has 0 radical (unpaired) electrons. The van der Waals surface area contributed by atoms with E-state index in [0.717, 1.165) is 11.3 Å². The maximum absolute atomic E-state index is 12.3. The maximum Gasteiger partial charge on any atom is 0.314 e. The van der Waals surface area contributed by atoms with Crippen molar-refractivity contribution in [3.8, 4) is 0 Å². The van der Waals surface area contributed by atoms with Crippen molar-refractivity contribution in [3.63, 3.8) is 0 Å². The second-order valence-electron chi connectivity index (χ2n) is 4.99. The summed E-state index contributed by atoms with van der Waals surface area (Å²) in [5.74, 6) is 0.656. The first-order valence-corrected chi connectivity index (χ1v) is 8.55. The molecule has 2 rings (SSSR count). The molecule has 0 unspecified atom stereocenters. The van der Waals surface area contributed by atoms with Gasteiger partial charge < -0.3 is 15.4 Å². The number of aromatic nitrogens is 2. The highest BCUT2D eigenvalue weighted by Gasteiger charge is 2.09. The van der Waals surface area contributed by atoms with E-state index < -0.39 is 0 Å². The number of thiophene rings is 1. The highest BCUT2D eigenvalue weighted by molar-refractivity contribution is 7.16. The number of ether oxygens (including phenoxy) is 1. The number of fused-ring (bicyclic) bond motifs is 1. The lowest BCUT2D eigenvalue weighted by Crippen LogP contribution is -2.39. The summed E-state index contributed by atoms with van der Waals surface area (Å²) < 4.78 is 6.78. The molecule has 2 aromatic rings. The molecule has 126 valence electrons. The van der Waals surface area contributed by atoms with Gasteiger partial charge in [0.1, 0.15) is 10.7 Å². The lowest BCUT2D eigenvalue weighted by atomic mass is 10.4. The smallest absolute Gasteiger partial charge is 0.314 e. The number of amides is 2. The second kappa shape index (κ2) is 8.64. The van der Waals surface area contributed by atoms with Crippen LogP contribution in [0.4, 0.5) is 4.79 Å². The molecule has 2 heterocycles. The molecule has 0 atom stereocenters. The van der Waals surface area contributed by atoms with Gasteiger partial charge in [-0.3, -0.25) is 9.36 Å². The molecular formula is C15H22N4O3S. The molecule has 23 heavy (non-hydrogen) atoms. The number of carbonyl (C=O) groups excluding carboxylic acids is 1. The minimum absolute atomic E-state index is 0.0623. The van der Waals surface area contributed by atoms with Crippen LogP contribution in [-0.4, -0.2) is 41.9 Å². The molecule has 2 aromatic heterocycles. The Morgan fingerprint density at radius 2 is 2.17 bits per heavy atom. The van der Waals surface area contributed by atoms with Crippen LogP contribution in [0.1, 0.15) is 19.2 Å². The molecule has 0 aliphatic carbocycles. The third kappa shape index (κ3) is 4.77. The normalized spacial score (nSPS) is 10.9. The Bertz CT molecular complexity index is 710. The lowest BCUT2D eigenvalue weighted by molar-refractivity contribution is 0.145. The zero-order valence-electron chi connectivity index (χ0n) is 13.4. The predicted octanol–water partition coefficient (Wildman–Crippen LogP) is 1.49. The number of nitrogens with one attached hydrogen (secondary N) is 2. The van der Waals surface area contributed by atoms with Gasteiger partial charge in [-0.25, -0.2) is 9.78 Å². The molecule has 0 fully saturated rings. The Morgan fingerprint density at radius 3 is 2.96 bits per heavy atom. The Kier molecular flexibility index (Phi) is 6.54. The molecule has 0 saturated heterocycles. The predicted molar refractivity (Wildman–Crippen MR) is 91.1 cm³/mol. The highest BCUT2D eigenvalue weighted by atomic mass is 32.1. The van der Waals surface area contributed by atoms with E-state index in [4.69, 9.17) is 4.74 Å². The van der Waals surface area contributed by atoms with E-state index >= 15 is 0 Å². The molecule has 0 bridgehead atoms. The van der Waals surface area contributed by atoms with E-state index in [0.29, 0.717) is 44.1 Å². The molecule has 0 saturated carbocycles. The van der Waals surface area contributed by atoms with Crippen molar-refractivity contribution in [3.05, 3.63) is 27.6 Å². The fourth-order valence-corrected chi connectivity index (χ4v) is 2.98. The standard InChI is InChI=1S/C15H22N4O3S/c1-3-22-9-4-6-16-15(21)17-7-8-19-11(2)18-13-12(14(19)20)5-10-23-13/h5,10H,3-4,6-9H2,1-2H3,(H2,16,17,21). The van der Waals surface area contributed by atoms with Gasteiger partial charge in [0.25, 0.3) is 5.56 Å². The first-order valence-electron chi connectivity index (χ1n) is 7.67. The van der Waals surface area contributed by atoms with Gasteiger partial charge in [0.05, 0.1) is 5.39 Å². The van der Waals surface area contributed by atoms with Crippen molar-refractivity contribution in [1.29, 1.82) is 0 Å². The first kappa shape index (κ1) is 17.4. The number of carbonyl (C=O) groups is 1. The van der Waals surface area contributed by atoms with Gasteiger partial charge in [-0.2, -0.15) is 0 Å². The summed E-state index contributed by atoms with van der Waals surface area (Å²) in [4.78, 5) is 29.2. The molecule has 0 spiro atoms. The second-order valence-corrected chi connectivity index (χ2v) is 5.88. The van der Waals surface area contributed by atoms with Gasteiger partial charge >= 0.3 is 6.03 Å². The molecule has 0 aromatic carbocycles. The molecular weight excluding hydrogens is 316 g/mol. The number of aryl methyl sites for hydroxylation is 1. The van der Waals surface area contributed by atoms with E-state index in [9.17, 15) is 9.59 Å². The van der Waals surface area contributed by atoms with Gasteiger partial charge in [0.2, 0.25) is 0 Å². The van der Waals surface area contributed by atoms with E-state index in [1.54, 1.807) is 17.6 Å². The van der Waals surface area contributed by atoms with Crippen molar-refractivity contribution < 1.29 is 9.53 Å². The quantitative estimate of drug-likeness (QED) is 0.714. The summed E-state index contributed by atoms with van der Waals surface area (Å²) in [6.45, 7) is 6.39. The van der Waals surface area contributed by atoms with Crippen LogP contribution in [0.2, 0.25) is 0 Å². The number of nitrogens with zero attached hydrogens (tertiary/aromatic N) is 2. The monoisotopic (exact) mass is 338 g/mol. The molecule has 8 heteroatoms. The van der Waals surface area contributed by atoms with E-state index in [2.05, 4.69) is 15.6 Å². The van der Waals surface area contributed by atoms with Crippen molar-refractivity contribution in [2.45, 2.75) is 26.8 Å².